The van der Waals surface area contributed by atoms with Crippen molar-refractivity contribution in [2.24, 2.45) is 11.8 Å². The van der Waals surface area contributed by atoms with Gasteiger partial charge in [-0.05, 0) is 67.2 Å². The third kappa shape index (κ3) is 11.1. The molecule has 202 valence electrons. The first kappa shape index (κ1) is 30.4. The Labute approximate surface area is 205 Å². The number of aliphatic carboxylic acids is 1. The largest absolute Gasteiger partial charge is 0.481 e. The minimum atomic E-state index is -0.947. The molecule has 0 aromatic rings. The van der Waals surface area contributed by atoms with Gasteiger partial charge in [-0.1, -0.05) is 0 Å². The van der Waals surface area contributed by atoms with Crippen LogP contribution >= 0.6 is 0 Å². The van der Waals surface area contributed by atoms with Crippen LogP contribution in [0.1, 0.15) is 67.2 Å². The standard InChI is InChI=1S/C12H21NO5.C11H19NO5/c1-12(2,3)18-11(16)13-8-5-7(6-9(8)14)10(15)17-4;1-11(2,3)17-10(16)12-7-4-6(9(14)15)5-8(7)13/h7-9,14H,5-6H2,1-4H3,(H,13,16);6-8,13H,4-5H2,1-3H3,(H,12,16)(H,14,15)/t7-,8+,9-;6-,7+,8-/m00/s1. The lowest BCUT2D eigenvalue weighted by molar-refractivity contribution is -0.145. The van der Waals surface area contributed by atoms with Crippen molar-refractivity contribution in [2.45, 2.75) is 103 Å². The second-order valence-electron chi connectivity index (χ2n) is 10.8. The number of alkyl carbamates (subject to hydrolysis) is 2. The average Bonchev–Trinajstić information content (AvgIpc) is 3.21. The first-order valence-corrected chi connectivity index (χ1v) is 11.6. The van der Waals surface area contributed by atoms with E-state index in [2.05, 4.69) is 15.4 Å². The molecule has 5 N–H and O–H groups in total. The Balaban J connectivity index is 0.000000351. The summed E-state index contributed by atoms with van der Waals surface area (Å²) in [4.78, 5) is 45.1. The molecular formula is C23H40N2O10. The Morgan fingerprint density at radius 1 is 0.714 bits per heavy atom. The highest BCUT2D eigenvalue weighted by atomic mass is 16.6. The van der Waals surface area contributed by atoms with Crippen LogP contribution in [0.15, 0.2) is 0 Å². The number of rotatable bonds is 4. The van der Waals surface area contributed by atoms with E-state index < -0.39 is 59.6 Å². The number of carbonyl (C=O) groups is 4. The van der Waals surface area contributed by atoms with E-state index in [4.69, 9.17) is 14.6 Å². The Hall–Kier alpha value is -2.60. The van der Waals surface area contributed by atoms with E-state index >= 15 is 0 Å². The molecule has 0 radical (unpaired) electrons. The molecule has 12 heteroatoms. The summed E-state index contributed by atoms with van der Waals surface area (Å²) in [6, 6.07) is -1.02. The summed E-state index contributed by atoms with van der Waals surface area (Å²) in [5.41, 5.74) is -1.20. The lowest BCUT2D eigenvalue weighted by Crippen LogP contribution is -2.42. The molecule has 0 bridgehead atoms. The number of carbonyl (C=O) groups excluding carboxylic acids is 3. The number of nitrogens with one attached hydrogen (secondary N) is 2. The van der Waals surface area contributed by atoms with E-state index in [-0.39, 0.29) is 24.7 Å². The van der Waals surface area contributed by atoms with Crippen LogP contribution in [0.4, 0.5) is 9.59 Å². The predicted octanol–water partition coefficient (Wildman–Crippen LogP) is 1.56. The van der Waals surface area contributed by atoms with Crippen molar-refractivity contribution >= 4 is 24.1 Å². The SMILES string of the molecule is CC(C)(C)OC(=O)N[C@@H]1C[C@H](C(=O)O)C[C@@H]1O.COC(=O)[C@@H]1C[C@H](O)[C@H](NC(=O)OC(C)(C)C)C1. The van der Waals surface area contributed by atoms with Gasteiger partial charge in [-0.3, -0.25) is 9.59 Å². The normalized spacial score (nSPS) is 28.3. The zero-order chi connectivity index (χ0) is 27.1. The zero-order valence-corrected chi connectivity index (χ0v) is 21.5. The first-order valence-electron chi connectivity index (χ1n) is 11.6. The highest BCUT2D eigenvalue weighted by Crippen LogP contribution is 2.28. The van der Waals surface area contributed by atoms with E-state index in [1.54, 1.807) is 41.5 Å². The van der Waals surface area contributed by atoms with Gasteiger partial charge in [-0.15, -0.1) is 0 Å². The van der Waals surface area contributed by atoms with Gasteiger partial charge in [0.25, 0.3) is 0 Å². The molecule has 0 spiro atoms. The van der Waals surface area contributed by atoms with Gasteiger partial charge in [-0.25, -0.2) is 9.59 Å². The van der Waals surface area contributed by atoms with E-state index in [0.29, 0.717) is 12.8 Å². The number of amides is 2. The molecular weight excluding hydrogens is 464 g/mol. The van der Waals surface area contributed by atoms with E-state index in [1.807, 2.05) is 0 Å². The quantitative estimate of drug-likeness (QED) is 0.278. The molecule has 6 atom stereocenters. The van der Waals surface area contributed by atoms with Gasteiger partial charge in [0.1, 0.15) is 11.2 Å². The van der Waals surface area contributed by atoms with Crippen molar-refractivity contribution in [2.75, 3.05) is 7.11 Å². The van der Waals surface area contributed by atoms with Gasteiger partial charge in [-0.2, -0.15) is 0 Å². The predicted molar refractivity (Wildman–Crippen MR) is 123 cm³/mol. The molecule has 2 fully saturated rings. The molecule has 2 rings (SSSR count). The van der Waals surface area contributed by atoms with Crippen LogP contribution in [0.2, 0.25) is 0 Å². The van der Waals surface area contributed by atoms with Crippen molar-refractivity contribution in [1.29, 1.82) is 0 Å². The first-order chi connectivity index (χ1) is 15.9. The molecule has 0 heterocycles. The van der Waals surface area contributed by atoms with Crippen molar-refractivity contribution in [3.05, 3.63) is 0 Å². The second kappa shape index (κ2) is 12.4. The maximum atomic E-state index is 11.5. The Kier molecular flexibility index (Phi) is 10.8. The smallest absolute Gasteiger partial charge is 0.407 e. The van der Waals surface area contributed by atoms with Gasteiger partial charge in [0.15, 0.2) is 0 Å². The van der Waals surface area contributed by atoms with Gasteiger partial charge in [0.2, 0.25) is 0 Å². The maximum Gasteiger partial charge on any atom is 0.407 e. The molecule has 0 aromatic carbocycles. The molecule has 35 heavy (non-hydrogen) atoms. The number of ether oxygens (including phenoxy) is 3. The Morgan fingerprint density at radius 2 is 1.09 bits per heavy atom. The van der Waals surface area contributed by atoms with Gasteiger partial charge in [0, 0.05) is 0 Å². The number of carboxylic acid groups (broad SMARTS) is 1. The molecule has 0 aliphatic heterocycles. The Morgan fingerprint density at radius 3 is 1.40 bits per heavy atom. The Bertz CT molecular complexity index is 758. The zero-order valence-electron chi connectivity index (χ0n) is 21.5. The van der Waals surface area contributed by atoms with Crippen molar-refractivity contribution in [3.8, 4) is 0 Å². The number of carboxylic acids is 1. The maximum absolute atomic E-state index is 11.5. The summed E-state index contributed by atoms with van der Waals surface area (Å²) >= 11 is 0. The van der Waals surface area contributed by atoms with Crippen LogP contribution in [-0.2, 0) is 23.8 Å². The molecule has 2 aliphatic rings. The van der Waals surface area contributed by atoms with Crippen LogP contribution in [0.25, 0.3) is 0 Å². The summed E-state index contributed by atoms with van der Waals surface area (Å²) in [6.45, 7) is 10.5. The lowest BCUT2D eigenvalue weighted by Gasteiger charge is -2.22. The minimum Gasteiger partial charge on any atom is -0.481 e. The van der Waals surface area contributed by atoms with Crippen molar-refractivity contribution in [3.63, 3.8) is 0 Å². The number of aliphatic hydroxyl groups excluding tert-OH is 2. The van der Waals surface area contributed by atoms with Gasteiger partial charge in [0.05, 0.1) is 43.2 Å². The van der Waals surface area contributed by atoms with Crippen molar-refractivity contribution < 1.29 is 48.7 Å². The highest BCUT2D eigenvalue weighted by molar-refractivity contribution is 5.74. The van der Waals surface area contributed by atoms with Gasteiger partial charge < -0.3 is 40.2 Å². The fourth-order valence-corrected chi connectivity index (χ4v) is 3.82. The fourth-order valence-electron chi connectivity index (χ4n) is 3.82. The summed E-state index contributed by atoms with van der Waals surface area (Å²) in [5, 5.41) is 33.3. The van der Waals surface area contributed by atoms with E-state index in [0.717, 1.165) is 0 Å². The number of esters is 1. The summed E-state index contributed by atoms with van der Waals surface area (Å²) in [7, 11) is 1.31. The molecule has 12 nitrogen and oxygen atoms in total. The molecule has 2 saturated carbocycles. The number of methoxy groups -OCH3 is 1. The lowest BCUT2D eigenvalue weighted by atomic mass is 10.1. The van der Waals surface area contributed by atoms with Crippen LogP contribution in [-0.4, -0.2) is 82.0 Å². The fraction of sp³-hybridized carbons (Fsp3) is 0.826. The van der Waals surface area contributed by atoms with E-state index in [1.165, 1.54) is 7.11 Å². The van der Waals surface area contributed by atoms with Crippen LogP contribution in [0, 0.1) is 11.8 Å². The molecule has 0 aromatic heterocycles. The molecule has 2 aliphatic carbocycles. The molecule has 0 saturated heterocycles. The third-order valence-electron chi connectivity index (χ3n) is 5.35. The monoisotopic (exact) mass is 504 g/mol. The summed E-state index contributed by atoms with van der Waals surface area (Å²) < 4.78 is 14.8. The number of hydrogen-bond acceptors (Lipinski definition) is 9. The summed E-state index contributed by atoms with van der Waals surface area (Å²) in [6.07, 6.45) is -1.74. The number of aliphatic hydroxyl groups is 2. The highest BCUT2D eigenvalue weighted by Gasteiger charge is 2.39. The van der Waals surface area contributed by atoms with Gasteiger partial charge >= 0.3 is 24.1 Å². The van der Waals surface area contributed by atoms with Crippen LogP contribution < -0.4 is 10.6 Å². The molecule has 0 unspecified atom stereocenters. The topological polar surface area (TPSA) is 181 Å². The summed E-state index contributed by atoms with van der Waals surface area (Å²) in [5.74, 6) is -2.28. The van der Waals surface area contributed by atoms with E-state index in [9.17, 15) is 29.4 Å². The number of hydrogen-bond donors (Lipinski definition) is 5. The second-order valence-corrected chi connectivity index (χ2v) is 10.8. The third-order valence-corrected chi connectivity index (χ3v) is 5.35. The minimum absolute atomic E-state index is 0.162. The van der Waals surface area contributed by atoms with Crippen LogP contribution in [0.3, 0.4) is 0 Å². The van der Waals surface area contributed by atoms with Crippen molar-refractivity contribution in [1.82, 2.24) is 10.6 Å². The average molecular weight is 505 g/mol. The molecule has 2 amide bonds. The van der Waals surface area contributed by atoms with Crippen LogP contribution in [0.5, 0.6) is 0 Å².